The molecule has 1 aliphatic heterocycles. The Hall–Kier alpha value is -0.560. The molecule has 1 heterocycles. The number of amides is 1. The van der Waals surface area contributed by atoms with Gasteiger partial charge in [0.1, 0.15) is 0 Å². The Kier molecular flexibility index (Phi) is 5.12. The van der Waals surface area contributed by atoms with Crippen molar-refractivity contribution in [2.45, 2.75) is 23.3 Å². The monoisotopic (exact) mass is 359 g/mol. The predicted octanol–water partition coefficient (Wildman–Crippen LogP) is 2.35. The van der Waals surface area contributed by atoms with Crippen LogP contribution in [0, 0.1) is 0 Å². The van der Waals surface area contributed by atoms with E-state index in [1.807, 2.05) is 6.07 Å². The molecule has 110 valence electrons. The van der Waals surface area contributed by atoms with Gasteiger partial charge in [-0.2, -0.15) is 0 Å². The van der Waals surface area contributed by atoms with Crippen molar-refractivity contribution in [2.24, 2.45) is 0 Å². The highest BCUT2D eigenvalue weighted by molar-refractivity contribution is 9.10. The van der Waals surface area contributed by atoms with E-state index in [9.17, 15) is 9.90 Å². The van der Waals surface area contributed by atoms with Crippen LogP contribution in [0.2, 0.25) is 0 Å². The summed E-state index contributed by atoms with van der Waals surface area (Å²) in [7, 11) is 1.70. The second-order valence-electron chi connectivity index (χ2n) is 5.16. The van der Waals surface area contributed by atoms with Crippen molar-refractivity contribution in [2.75, 3.05) is 26.8 Å². The van der Waals surface area contributed by atoms with E-state index >= 15 is 0 Å². The number of carbonyl (C=O) groups excluding carboxylic acids is 1. The van der Waals surface area contributed by atoms with Gasteiger partial charge in [-0.15, -0.1) is 12.6 Å². The summed E-state index contributed by atoms with van der Waals surface area (Å²) in [5.74, 6) is -0.137. The minimum absolute atomic E-state index is 0.137. The third kappa shape index (κ3) is 3.75. The van der Waals surface area contributed by atoms with Gasteiger partial charge >= 0.3 is 0 Å². The number of hydrogen-bond donors (Lipinski definition) is 2. The van der Waals surface area contributed by atoms with Crippen molar-refractivity contribution < 1.29 is 14.6 Å². The van der Waals surface area contributed by atoms with Crippen LogP contribution in [0.4, 0.5) is 0 Å². The molecule has 0 bridgehead atoms. The summed E-state index contributed by atoms with van der Waals surface area (Å²) in [4.78, 5) is 14.6. The van der Waals surface area contributed by atoms with E-state index in [2.05, 4.69) is 28.6 Å². The van der Waals surface area contributed by atoms with E-state index < -0.39 is 5.60 Å². The quantitative estimate of drug-likeness (QED) is 0.814. The molecule has 1 fully saturated rings. The molecule has 1 saturated heterocycles. The van der Waals surface area contributed by atoms with Crippen LogP contribution in [-0.2, 0) is 4.74 Å². The first-order chi connectivity index (χ1) is 9.41. The molecular formula is C14H18BrNO3S. The fourth-order valence-corrected chi connectivity index (χ4v) is 3.16. The number of hydrogen-bond acceptors (Lipinski definition) is 4. The summed E-state index contributed by atoms with van der Waals surface area (Å²) in [5, 5.41) is 10.5. The van der Waals surface area contributed by atoms with Crippen LogP contribution in [0.25, 0.3) is 0 Å². The molecule has 2 rings (SSSR count). The highest BCUT2D eigenvalue weighted by atomic mass is 79.9. The molecule has 6 heteroatoms. The summed E-state index contributed by atoms with van der Waals surface area (Å²) < 4.78 is 6.12. The maximum Gasteiger partial charge on any atom is 0.254 e. The molecule has 1 aliphatic rings. The number of nitrogens with zero attached hydrogens (tertiary/aromatic N) is 1. The highest BCUT2D eigenvalue weighted by Crippen LogP contribution is 2.24. The lowest BCUT2D eigenvalue weighted by Gasteiger charge is -2.35. The lowest BCUT2D eigenvalue weighted by molar-refractivity contribution is -0.0734. The molecule has 1 aromatic rings. The number of ether oxygens (including phenoxy) is 1. The molecule has 0 saturated carbocycles. The van der Waals surface area contributed by atoms with Gasteiger partial charge in [0, 0.05) is 49.0 Å². The molecular weight excluding hydrogens is 342 g/mol. The molecule has 0 aromatic heterocycles. The molecule has 4 nitrogen and oxygen atoms in total. The Balaban J connectivity index is 2.08. The Bertz CT molecular complexity index is 503. The Morgan fingerprint density at radius 3 is 2.75 bits per heavy atom. The number of halogens is 1. The Labute approximate surface area is 132 Å². The second kappa shape index (κ2) is 6.47. The van der Waals surface area contributed by atoms with Crippen molar-refractivity contribution in [1.82, 2.24) is 4.90 Å². The average molecular weight is 360 g/mol. The van der Waals surface area contributed by atoms with Crippen molar-refractivity contribution in [3.05, 3.63) is 28.2 Å². The standard InChI is InChI=1S/C14H18BrNO3S/c1-16(9-14(18)4-6-19-7-5-14)13(17)11-3-2-10(15)8-12(11)20/h2-3,8,18,20H,4-7,9H2,1H3. The molecule has 0 aliphatic carbocycles. The average Bonchev–Trinajstić information content (AvgIpc) is 2.38. The number of likely N-dealkylation sites (N-methyl/N-ethyl adjacent to an activating group) is 1. The lowest BCUT2D eigenvalue weighted by Crippen LogP contribution is -2.47. The molecule has 1 aromatic carbocycles. The van der Waals surface area contributed by atoms with E-state index in [1.165, 1.54) is 0 Å². The van der Waals surface area contributed by atoms with Gasteiger partial charge in [-0.05, 0) is 18.2 Å². The first kappa shape index (κ1) is 15.8. The van der Waals surface area contributed by atoms with Crippen LogP contribution >= 0.6 is 28.6 Å². The van der Waals surface area contributed by atoms with Crippen LogP contribution in [0.1, 0.15) is 23.2 Å². The van der Waals surface area contributed by atoms with Gasteiger partial charge in [0.25, 0.3) is 5.91 Å². The van der Waals surface area contributed by atoms with Crippen LogP contribution in [0.3, 0.4) is 0 Å². The van der Waals surface area contributed by atoms with Crippen molar-refractivity contribution >= 4 is 34.5 Å². The molecule has 20 heavy (non-hydrogen) atoms. The van der Waals surface area contributed by atoms with Gasteiger partial charge in [-0.3, -0.25) is 4.79 Å². The van der Waals surface area contributed by atoms with Gasteiger partial charge in [-0.25, -0.2) is 0 Å². The molecule has 1 amide bonds. The zero-order chi connectivity index (χ0) is 14.8. The predicted molar refractivity (Wildman–Crippen MR) is 83.4 cm³/mol. The first-order valence-corrected chi connectivity index (χ1v) is 7.69. The summed E-state index contributed by atoms with van der Waals surface area (Å²) in [6, 6.07) is 5.33. The number of benzene rings is 1. The summed E-state index contributed by atoms with van der Waals surface area (Å²) in [6.07, 6.45) is 1.11. The number of carbonyl (C=O) groups is 1. The van der Waals surface area contributed by atoms with Gasteiger partial charge in [0.2, 0.25) is 0 Å². The molecule has 0 unspecified atom stereocenters. The third-order valence-corrected chi connectivity index (χ3v) is 4.36. The minimum atomic E-state index is -0.852. The fourth-order valence-electron chi connectivity index (χ4n) is 2.31. The summed E-state index contributed by atoms with van der Waals surface area (Å²) >= 11 is 7.67. The van der Waals surface area contributed by atoms with E-state index in [4.69, 9.17) is 4.74 Å². The molecule has 0 spiro atoms. The van der Waals surface area contributed by atoms with E-state index in [0.717, 1.165) is 4.47 Å². The van der Waals surface area contributed by atoms with Gasteiger partial charge in [-0.1, -0.05) is 15.9 Å². The normalized spacial score (nSPS) is 17.8. The highest BCUT2D eigenvalue weighted by Gasteiger charge is 2.32. The van der Waals surface area contributed by atoms with Crippen LogP contribution < -0.4 is 0 Å². The molecule has 0 radical (unpaired) electrons. The van der Waals surface area contributed by atoms with Gasteiger partial charge in [0.15, 0.2) is 0 Å². The molecule has 0 atom stereocenters. The minimum Gasteiger partial charge on any atom is -0.388 e. The summed E-state index contributed by atoms with van der Waals surface area (Å²) in [6.45, 7) is 1.38. The van der Waals surface area contributed by atoms with Gasteiger partial charge < -0.3 is 14.7 Å². The zero-order valence-corrected chi connectivity index (χ0v) is 13.8. The number of aliphatic hydroxyl groups is 1. The van der Waals surface area contributed by atoms with E-state index in [0.29, 0.717) is 43.1 Å². The van der Waals surface area contributed by atoms with E-state index in [-0.39, 0.29) is 5.91 Å². The number of thiol groups is 1. The molecule has 1 N–H and O–H groups in total. The van der Waals surface area contributed by atoms with Gasteiger partial charge in [0.05, 0.1) is 11.2 Å². The second-order valence-corrected chi connectivity index (χ2v) is 6.56. The topological polar surface area (TPSA) is 49.8 Å². The SMILES string of the molecule is CN(CC1(O)CCOCC1)C(=O)c1ccc(Br)cc1S. The number of rotatable bonds is 3. The van der Waals surface area contributed by atoms with Crippen LogP contribution in [0.15, 0.2) is 27.6 Å². The largest absolute Gasteiger partial charge is 0.388 e. The van der Waals surface area contributed by atoms with E-state index in [1.54, 1.807) is 24.1 Å². The van der Waals surface area contributed by atoms with Crippen molar-refractivity contribution in [3.8, 4) is 0 Å². The third-order valence-electron chi connectivity index (χ3n) is 3.49. The fraction of sp³-hybridized carbons (Fsp3) is 0.500. The Morgan fingerprint density at radius 1 is 1.50 bits per heavy atom. The zero-order valence-electron chi connectivity index (χ0n) is 11.3. The summed E-state index contributed by atoms with van der Waals surface area (Å²) in [5.41, 5.74) is -0.316. The first-order valence-electron chi connectivity index (χ1n) is 6.45. The Morgan fingerprint density at radius 2 is 2.15 bits per heavy atom. The smallest absolute Gasteiger partial charge is 0.254 e. The van der Waals surface area contributed by atoms with Crippen molar-refractivity contribution in [3.63, 3.8) is 0 Å². The van der Waals surface area contributed by atoms with Crippen LogP contribution in [-0.4, -0.2) is 48.3 Å². The van der Waals surface area contributed by atoms with Crippen molar-refractivity contribution in [1.29, 1.82) is 0 Å². The maximum atomic E-state index is 12.4. The maximum absolute atomic E-state index is 12.4. The van der Waals surface area contributed by atoms with Crippen LogP contribution in [0.5, 0.6) is 0 Å². The lowest BCUT2D eigenvalue weighted by atomic mass is 9.93.